The van der Waals surface area contributed by atoms with E-state index in [1.54, 1.807) is 12.1 Å². The van der Waals surface area contributed by atoms with Crippen LogP contribution >= 0.6 is 27.5 Å². The number of hydrogen-bond acceptors (Lipinski definition) is 2. The van der Waals surface area contributed by atoms with Crippen LogP contribution in [0.25, 0.3) is 5.57 Å². The van der Waals surface area contributed by atoms with Crippen molar-refractivity contribution in [3.63, 3.8) is 0 Å². The van der Waals surface area contributed by atoms with Gasteiger partial charge in [-0.05, 0) is 30.3 Å². The van der Waals surface area contributed by atoms with E-state index in [-0.39, 0.29) is 0 Å². The second-order valence-corrected chi connectivity index (χ2v) is 5.00. The van der Waals surface area contributed by atoms with E-state index in [0.717, 1.165) is 21.4 Å². The van der Waals surface area contributed by atoms with Gasteiger partial charge in [-0.1, -0.05) is 34.1 Å². The predicted molar refractivity (Wildman–Crippen MR) is 71.6 cm³/mol. The summed E-state index contributed by atoms with van der Waals surface area (Å²) in [5.74, 6) is 1.48. The van der Waals surface area contributed by atoms with E-state index in [2.05, 4.69) is 27.5 Å². The fourth-order valence-electron chi connectivity index (χ4n) is 1.79. The zero-order valence-corrected chi connectivity index (χ0v) is 11.0. The van der Waals surface area contributed by atoms with Crippen LogP contribution in [0, 0.1) is 0 Å². The molecule has 0 unspecified atom stereocenters. The number of hydrogen-bond donors (Lipinski definition) is 0. The molecule has 0 bridgehead atoms. The highest BCUT2D eigenvalue weighted by Crippen LogP contribution is 2.42. The number of benzene rings is 1. The van der Waals surface area contributed by atoms with Crippen LogP contribution in [0.5, 0.6) is 11.5 Å². The first kappa shape index (κ1) is 10.8. The molecule has 0 saturated carbocycles. The molecule has 2 nitrogen and oxygen atoms in total. The normalized spacial score (nSPS) is 12.7. The molecule has 1 aliphatic heterocycles. The van der Waals surface area contributed by atoms with E-state index in [4.69, 9.17) is 16.3 Å². The summed E-state index contributed by atoms with van der Waals surface area (Å²) in [4.78, 5) is 4.25. The van der Waals surface area contributed by atoms with E-state index < -0.39 is 0 Å². The number of pyridine rings is 1. The summed E-state index contributed by atoms with van der Waals surface area (Å²) in [7, 11) is 0. The Morgan fingerprint density at radius 2 is 1.94 bits per heavy atom. The molecule has 0 N–H and O–H groups in total. The van der Waals surface area contributed by atoms with Crippen molar-refractivity contribution in [1.29, 1.82) is 0 Å². The summed E-state index contributed by atoms with van der Waals surface area (Å²) in [6.45, 7) is 4.06. The Morgan fingerprint density at radius 1 is 1.18 bits per heavy atom. The molecule has 4 heteroatoms. The van der Waals surface area contributed by atoms with Crippen molar-refractivity contribution in [2.24, 2.45) is 0 Å². The quantitative estimate of drug-likeness (QED) is 0.563. The van der Waals surface area contributed by atoms with Gasteiger partial charge >= 0.3 is 0 Å². The van der Waals surface area contributed by atoms with Crippen LogP contribution in [-0.4, -0.2) is 4.98 Å². The highest BCUT2D eigenvalue weighted by atomic mass is 79.9. The van der Waals surface area contributed by atoms with Gasteiger partial charge in [-0.2, -0.15) is 0 Å². The van der Waals surface area contributed by atoms with Crippen molar-refractivity contribution in [1.82, 2.24) is 4.98 Å². The van der Waals surface area contributed by atoms with Crippen LogP contribution in [-0.2, 0) is 0 Å². The fourth-order valence-corrected chi connectivity index (χ4v) is 2.30. The van der Waals surface area contributed by atoms with Gasteiger partial charge in [0.1, 0.15) is 16.6 Å². The Morgan fingerprint density at radius 3 is 2.76 bits per heavy atom. The largest absolute Gasteiger partial charge is 0.454 e. The summed E-state index contributed by atoms with van der Waals surface area (Å²) in [5.41, 5.74) is 2.45. The fraction of sp³-hybridized carbons (Fsp3) is 0. The van der Waals surface area contributed by atoms with Crippen LogP contribution in [0.15, 0.2) is 41.4 Å². The lowest BCUT2D eigenvalue weighted by Crippen LogP contribution is -2.03. The molecule has 3 rings (SSSR count). The van der Waals surface area contributed by atoms with Crippen LogP contribution in [0.1, 0.15) is 11.3 Å². The molecule has 0 atom stereocenters. The smallest absolute Gasteiger partial charge is 0.153 e. The molecular weight excluding hydrogens is 302 g/mol. The molecule has 0 saturated heterocycles. The van der Waals surface area contributed by atoms with E-state index in [1.807, 2.05) is 18.2 Å². The topological polar surface area (TPSA) is 22.1 Å². The maximum Gasteiger partial charge on any atom is 0.153 e. The van der Waals surface area contributed by atoms with Gasteiger partial charge in [0.25, 0.3) is 0 Å². The van der Waals surface area contributed by atoms with E-state index in [1.165, 1.54) is 0 Å². The number of rotatable bonds is 0. The summed E-state index contributed by atoms with van der Waals surface area (Å²) in [5, 5.41) is 0.437. The molecule has 1 aromatic carbocycles. The number of aromatic nitrogens is 1. The van der Waals surface area contributed by atoms with Gasteiger partial charge in [0.05, 0.1) is 0 Å². The van der Waals surface area contributed by atoms with Gasteiger partial charge in [-0.25, -0.2) is 4.98 Å². The molecule has 0 radical (unpaired) electrons. The van der Waals surface area contributed by atoms with Gasteiger partial charge in [-0.3, -0.25) is 0 Å². The third kappa shape index (κ3) is 1.75. The Hall–Kier alpha value is -1.32. The molecular formula is C13H7BrClNO. The SMILES string of the molecule is C=C1c2cc(Br)ccc2Oc2ccc(Cl)nc21. The summed E-state index contributed by atoms with van der Waals surface area (Å²) in [6, 6.07) is 9.31. The third-order valence-electron chi connectivity index (χ3n) is 2.60. The first-order valence-corrected chi connectivity index (χ1v) is 6.16. The molecule has 0 aliphatic carbocycles. The Labute approximate surface area is 112 Å². The zero-order chi connectivity index (χ0) is 12.0. The lowest BCUT2D eigenvalue weighted by atomic mass is 10.00. The summed E-state index contributed by atoms with van der Waals surface area (Å²) in [6.07, 6.45) is 0. The van der Waals surface area contributed by atoms with E-state index in [9.17, 15) is 0 Å². The van der Waals surface area contributed by atoms with Crippen LogP contribution in [0.2, 0.25) is 5.15 Å². The van der Waals surface area contributed by atoms with Crippen LogP contribution in [0.3, 0.4) is 0 Å². The monoisotopic (exact) mass is 307 g/mol. The first-order valence-electron chi connectivity index (χ1n) is 4.99. The first-order chi connectivity index (χ1) is 8.15. The van der Waals surface area contributed by atoms with Gasteiger partial charge < -0.3 is 4.74 Å². The number of nitrogens with zero attached hydrogens (tertiary/aromatic N) is 1. The maximum atomic E-state index is 5.88. The van der Waals surface area contributed by atoms with Crippen molar-refractivity contribution in [3.05, 3.63) is 57.8 Å². The summed E-state index contributed by atoms with van der Waals surface area (Å²) < 4.78 is 6.73. The highest BCUT2D eigenvalue weighted by Gasteiger charge is 2.22. The minimum atomic E-state index is 0.437. The molecule has 1 aliphatic rings. The third-order valence-corrected chi connectivity index (χ3v) is 3.30. The van der Waals surface area contributed by atoms with Crippen molar-refractivity contribution < 1.29 is 4.74 Å². The molecule has 0 spiro atoms. The van der Waals surface area contributed by atoms with Crippen molar-refractivity contribution in [2.75, 3.05) is 0 Å². The average Bonchev–Trinajstić information content (AvgIpc) is 2.32. The van der Waals surface area contributed by atoms with Crippen molar-refractivity contribution >= 4 is 33.1 Å². The Bertz CT molecular complexity index is 586. The Kier molecular flexibility index (Phi) is 2.45. The zero-order valence-electron chi connectivity index (χ0n) is 8.71. The molecule has 0 amide bonds. The minimum Gasteiger partial charge on any atom is -0.454 e. The molecule has 2 aromatic rings. The lowest BCUT2D eigenvalue weighted by molar-refractivity contribution is 0.471. The lowest BCUT2D eigenvalue weighted by Gasteiger charge is -2.21. The van der Waals surface area contributed by atoms with Gasteiger partial charge in [0.15, 0.2) is 5.75 Å². The minimum absolute atomic E-state index is 0.437. The number of fused-ring (bicyclic) bond motifs is 2. The second-order valence-electron chi connectivity index (χ2n) is 3.70. The van der Waals surface area contributed by atoms with Gasteiger partial charge in [0.2, 0.25) is 0 Å². The molecule has 84 valence electrons. The highest BCUT2D eigenvalue weighted by molar-refractivity contribution is 9.10. The standard InChI is InChI=1S/C13H7BrClNO/c1-7-9-6-8(14)2-3-10(9)17-11-4-5-12(15)16-13(7)11/h2-6H,1H2. The molecule has 17 heavy (non-hydrogen) atoms. The summed E-state index contributed by atoms with van der Waals surface area (Å²) >= 11 is 9.31. The average molecular weight is 309 g/mol. The van der Waals surface area contributed by atoms with Gasteiger partial charge in [-0.15, -0.1) is 0 Å². The molecule has 2 heterocycles. The number of halogens is 2. The molecule has 1 aromatic heterocycles. The molecule has 0 fully saturated rings. The van der Waals surface area contributed by atoms with E-state index in [0.29, 0.717) is 16.6 Å². The maximum absolute atomic E-state index is 5.88. The van der Waals surface area contributed by atoms with E-state index >= 15 is 0 Å². The second kappa shape index (κ2) is 3.86. The number of ether oxygens (including phenoxy) is 1. The van der Waals surface area contributed by atoms with Crippen LogP contribution in [0.4, 0.5) is 0 Å². The van der Waals surface area contributed by atoms with Crippen molar-refractivity contribution in [3.8, 4) is 11.5 Å². The Balaban J connectivity index is 2.21. The van der Waals surface area contributed by atoms with Gasteiger partial charge in [0, 0.05) is 15.6 Å². The predicted octanol–water partition coefficient (Wildman–Crippen LogP) is 4.66. The van der Waals surface area contributed by atoms with Crippen molar-refractivity contribution in [2.45, 2.75) is 0 Å². The van der Waals surface area contributed by atoms with Crippen LogP contribution < -0.4 is 4.74 Å².